The maximum Gasteiger partial charge on any atom is 0.293 e. The molecule has 32 heavy (non-hydrogen) atoms. The normalized spacial score (nSPS) is 15.0. The first-order valence-electron chi connectivity index (χ1n) is 9.56. The molecule has 4 nitrogen and oxygen atoms in total. The Morgan fingerprint density at radius 1 is 0.938 bits per heavy atom. The summed E-state index contributed by atoms with van der Waals surface area (Å²) in [7, 11) is 0. The highest BCUT2D eigenvalue weighted by Gasteiger charge is 2.35. The van der Waals surface area contributed by atoms with E-state index >= 15 is 0 Å². The van der Waals surface area contributed by atoms with Crippen LogP contribution in [0, 0.1) is 0 Å². The maximum atomic E-state index is 12.8. The number of carbonyl (C=O) groups excluding carboxylic acids is 2. The summed E-state index contributed by atoms with van der Waals surface area (Å²) in [6.07, 6.45) is 1.72. The minimum atomic E-state index is -0.292. The van der Waals surface area contributed by atoms with Gasteiger partial charge in [-0.3, -0.25) is 14.5 Å². The fraction of sp³-hybridized carbons (Fsp3) is 0.0833. The van der Waals surface area contributed by atoms with Gasteiger partial charge < -0.3 is 4.74 Å². The molecule has 0 radical (unpaired) electrons. The van der Waals surface area contributed by atoms with E-state index in [1.807, 2.05) is 66.7 Å². The van der Waals surface area contributed by atoms with E-state index in [0.717, 1.165) is 37.4 Å². The van der Waals surface area contributed by atoms with Crippen molar-refractivity contribution in [3.05, 3.63) is 102 Å². The lowest BCUT2D eigenvalue weighted by Crippen LogP contribution is -2.27. The van der Waals surface area contributed by atoms with Crippen LogP contribution < -0.4 is 4.74 Å². The van der Waals surface area contributed by atoms with Crippen LogP contribution in [0.25, 0.3) is 6.08 Å². The van der Waals surface area contributed by atoms with Gasteiger partial charge in [-0.25, -0.2) is 0 Å². The van der Waals surface area contributed by atoms with Crippen molar-refractivity contribution in [2.24, 2.45) is 0 Å². The van der Waals surface area contributed by atoms with Crippen LogP contribution in [0.5, 0.6) is 5.75 Å². The number of halogens is 3. The van der Waals surface area contributed by atoms with Gasteiger partial charge in [-0.2, -0.15) is 0 Å². The first-order valence-corrected chi connectivity index (χ1v) is 12.3. The summed E-state index contributed by atoms with van der Waals surface area (Å²) in [5.41, 5.74) is 2.67. The van der Waals surface area contributed by atoms with Crippen LogP contribution in [-0.4, -0.2) is 16.0 Å². The molecule has 0 aliphatic carbocycles. The fourth-order valence-electron chi connectivity index (χ4n) is 3.09. The van der Waals surface area contributed by atoms with E-state index in [1.54, 1.807) is 6.08 Å². The average molecular weight is 594 g/mol. The fourth-order valence-corrected chi connectivity index (χ4v) is 5.51. The highest BCUT2D eigenvalue weighted by molar-refractivity contribution is 9.11. The zero-order valence-electron chi connectivity index (χ0n) is 16.6. The average Bonchev–Trinajstić information content (AvgIpc) is 3.02. The number of amides is 2. The third-order valence-electron chi connectivity index (χ3n) is 4.67. The van der Waals surface area contributed by atoms with Crippen LogP contribution in [0.15, 0.2) is 80.6 Å². The Bertz CT molecular complexity index is 1180. The van der Waals surface area contributed by atoms with Crippen molar-refractivity contribution >= 4 is 72.4 Å². The molecule has 3 aromatic carbocycles. The summed E-state index contributed by atoms with van der Waals surface area (Å²) in [6, 6.07) is 20.6. The predicted molar refractivity (Wildman–Crippen MR) is 136 cm³/mol. The number of hydrogen-bond donors (Lipinski definition) is 0. The van der Waals surface area contributed by atoms with Crippen LogP contribution in [0.3, 0.4) is 0 Å². The van der Waals surface area contributed by atoms with E-state index in [9.17, 15) is 9.59 Å². The van der Waals surface area contributed by atoms with Crippen LogP contribution in [0.4, 0.5) is 4.79 Å². The second-order valence-corrected chi connectivity index (χ2v) is 10.1. The van der Waals surface area contributed by atoms with Crippen molar-refractivity contribution in [2.75, 3.05) is 0 Å². The van der Waals surface area contributed by atoms with Crippen molar-refractivity contribution in [2.45, 2.75) is 13.2 Å². The molecule has 1 aliphatic heterocycles. The first kappa shape index (κ1) is 23.1. The number of benzene rings is 3. The van der Waals surface area contributed by atoms with E-state index < -0.39 is 0 Å². The largest absolute Gasteiger partial charge is 0.487 e. The lowest BCUT2D eigenvalue weighted by molar-refractivity contribution is -0.123. The van der Waals surface area contributed by atoms with Gasteiger partial charge in [0.25, 0.3) is 11.1 Å². The number of imide groups is 1. The van der Waals surface area contributed by atoms with Crippen molar-refractivity contribution in [1.82, 2.24) is 4.90 Å². The number of rotatable bonds is 6. The first-order chi connectivity index (χ1) is 15.4. The molecule has 0 aromatic heterocycles. The quantitative estimate of drug-likeness (QED) is 0.275. The van der Waals surface area contributed by atoms with E-state index in [2.05, 4.69) is 31.9 Å². The molecule has 3 aromatic rings. The molecular weight excluding hydrogens is 578 g/mol. The summed E-state index contributed by atoms with van der Waals surface area (Å²) in [5, 5.41) is 0.403. The van der Waals surface area contributed by atoms with E-state index in [0.29, 0.717) is 22.3 Å². The Morgan fingerprint density at radius 3 is 2.25 bits per heavy atom. The third kappa shape index (κ3) is 5.46. The third-order valence-corrected chi connectivity index (χ3v) is 7.01. The van der Waals surface area contributed by atoms with Crippen LogP contribution >= 0.6 is 55.2 Å². The molecule has 162 valence electrons. The van der Waals surface area contributed by atoms with E-state index in [4.69, 9.17) is 16.3 Å². The highest BCUT2D eigenvalue weighted by Crippen LogP contribution is 2.38. The molecular formula is C24H16Br2ClNO3S. The molecule has 0 saturated carbocycles. The number of thioether (sulfide) groups is 1. The molecule has 0 atom stereocenters. The molecule has 1 aliphatic rings. The molecule has 0 bridgehead atoms. The molecule has 0 spiro atoms. The molecule has 1 heterocycles. The van der Waals surface area contributed by atoms with Crippen molar-refractivity contribution in [3.63, 3.8) is 0 Å². The summed E-state index contributed by atoms with van der Waals surface area (Å²) in [5.74, 6) is 0.355. The lowest BCUT2D eigenvalue weighted by Gasteiger charge is -2.12. The van der Waals surface area contributed by atoms with Gasteiger partial charge >= 0.3 is 0 Å². The molecule has 1 fully saturated rings. The van der Waals surface area contributed by atoms with Gasteiger partial charge in [0.2, 0.25) is 0 Å². The van der Waals surface area contributed by atoms with Gasteiger partial charge in [-0.05, 0) is 90.7 Å². The Hall–Kier alpha value is -2.06. The lowest BCUT2D eigenvalue weighted by atomic mass is 10.2. The molecule has 1 saturated heterocycles. The molecule has 0 unspecified atom stereocenters. The van der Waals surface area contributed by atoms with Crippen molar-refractivity contribution in [1.29, 1.82) is 0 Å². The molecule has 4 rings (SSSR count). The zero-order valence-corrected chi connectivity index (χ0v) is 21.3. The summed E-state index contributed by atoms with van der Waals surface area (Å²) >= 11 is 14.0. The summed E-state index contributed by atoms with van der Waals surface area (Å²) in [4.78, 5) is 26.9. The van der Waals surface area contributed by atoms with Crippen LogP contribution in [-0.2, 0) is 17.9 Å². The topological polar surface area (TPSA) is 46.6 Å². The van der Waals surface area contributed by atoms with Gasteiger partial charge in [0.1, 0.15) is 12.4 Å². The van der Waals surface area contributed by atoms with E-state index in [-0.39, 0.29) is 17.7 Å². The molecule has 8 heteroatoms. The Labute approximate surface area is 211 Å². The van der Waals surface area contributed by atoms with Gasteiger partial charge in [-0.1, -0.05) is 54.1 Å². The smallest absolute Gasteiger partial charge is 0.293 e. The second kappa shape index (κ2) is 10.3. The minimum Gasteiger partial charge on any atom is -0.487 e. The highest BCUT2D eigenvalue weighted by atomic mass is 79.9. The summed E-state index contributed by atoms with van der Waals surface area (Å²) in [6.45, 7) is 0.639. The molecule has 0 N–H and O–H groups in total. The van der Waals surface area contributed by atoms with Crippen molar-refractivity contribution in [3.8, 4) is 5.75 Å². The van der Waals surface area contributed by atoms with Gasteiger partial charge in [0.05, 0.1) is 20.4 Å². The Balaban J connectivity index is 1.49. The van der Waals surface area contributed by atoms with E-state index in [1.165, 1.54) is 4.90 Å². The minimum absolute atomic E-state index is 0.258. The number of hydrogen-bond acceptors (Lipinski definition) is 4. The van der Waals surface area contributed by atoms with Gasteiger partial charge in [0.15, 0.2) is 0 Å². The maximum absolute atomic E-state index is 12.8. The standard InChI is InChI=1S/C24H16Br2ClNO3S/c25-19-10-17(11-20(26)22(19)31-14-16-6-8-18(27)9-7-16)12-21-23(29)28(24(30)32-21)13-15-4-2-1-3-5-15/h1-12H,13-14H2/b21-12+. The van der Waals surface area contributed by atoms with Gasteiger partial charge in [0, 0.05) is 5.02 Å². The molecule has 2 amide bonds. The van der Waals surface area contributed by atoms with Crippen molar-refractivity contribution < 1.29 is 14.3 Å². The Morgan fingerprint density at radius 2 is 1.59 bits per heavy atom. The predicted octanol–water partition coefficient (Wildman–Crippen LogP) is 7.68. The monoisotopic (exact) mass is 591 g/mol. The Kier molecular flexibility index (Phi) is 7.40. The SMILES string of the molecule is O=C1S/C(=C/c2cc(Br)c(OCc3ccc(Cl)cc3)c(Br)c2)C(=O)N1Cc1ccccc1. The number of ether oxygens (including phenoxy) is 1. The number of nitrogens with zero attached hydrogens (tertiary/aromatic N) is 1. The van der Waals surface area contributed by atoms with Gasteiger partial charge in [-0.15, -0.1) is 0 Å². The number of carbonyl (C=O) groups is 2. The van der Waals surface area contributed by atoms with Crippen LogP contribution in [0.2, 0.25) is 5.02 Å². The van der Waals surface area contributed by atoms with Crippen LogP contribution in [0.1, 0.15) is 16.7 Å². The zero-order chi connectivity index (χ0) is 22.7. The summed E-state index contributed by atoms with van der Waals surface area (Å²) < 4.78 is 7.41. The second-order valence-electron chi connectivity index (χ2n) is 6.98.